The summed E-state index contributed by atoms with van der Waals surface area (Å²) in [7, 11) is 0. The SMILES string of the molecule is Cc1ccc2c(c1)N(CCN1CCOC(CN3CCCC3)C1)CC2. The van der Waals surface area contributed by atoms with Crippen LogP contribution in [0, 0.1) is 6.92 Å². The van der Waals surface area contributed by atoms with Crippen LogP contribution in [-0.4, -0.2) is 74.9 Å². The number of anilines is 1. The molecule has 4 heteroatoms. The summed E-state index contributed by atoms with van der Waals surface area (Å²) in [6.45, 7) is 12.4. The lowest BCUT2D eigenvalue weighted by Gasteiger charge is -2.35. The molecular weight excluding hydrogens is 298 g/mol. The van der Waals surface area contributed by atoms with Gasteiger partial charge in [-0.2, -0.15) is 0 Å². The summed E-state index contributed by atoms with van der Waals surface area (Å²) in [5.41, 5.74) is 4.36. The van der Waals surface area contributed by atoms with Crippen LogP contribution in [0.3, 0.4) is 0 Å². The van der Waals surface area contributed by atoms with Crippen molar-refractivity contribution < 1.29 is 4.74 Å². The third-order valence-corrected chi connectivity index (χ3v) is 5.80. The highest BCUT2D eigenvalue weighted by molar-refractivity contribution is 5.59. The average molecular weight is 329 g/mol. The van der Waals surface area contributed by atoms with E-state index in [1.165, 1.54) is 55.7 Å². The van der Waals surface area contributed by atoms with E-state index in [2.05, 4.69) is 39.8 Å². The number of morpholine rings is 1. The van der Waals surface area contributed by atoms with Gasteiger partial charge >= 0.3 is 0 Å². The Morgan fingerprint density at radius 1 is 1.04 bits per heavy atom. The smallest absolute Gasteiger partial charge is 0.0829 e. The quantitative estimate of drug-likeness (QED) is 0.824. The van der Waals surface area contributed by atoms with E-state index in [0.717, 1.165) is 39.3 Å². The van der Waals surface area contributed by atoms with Crippen molar-refractivity contribution in [2.24, 2.45) is 0 Å². The minimum atomic E-state index is 0.407. The topological polar surface area (TPSA) is 19.0 Å². The first-order valence-corrected chi connectivity index (χ1v) is 9.69. The van der Waals surface area contributed by atoms with E-state index >= 15 is 0 Å². The lowest BCUT2D eigenvalue weighted by atomic mass is 10.1. The summed E-state index contributed by atoms with van der Waals surface area (Å²) in [4.78, 5) is 7.76. The number of hydrogen-bond acceptors (Lipinski definition) is 4. The third kappa shape index (κ3) is 3.76. The monoisotopic (exact) mass is 329 g/mol. The normalized spacial score (nSPS) is 25.4. The second-order valence-electron chi connectivity index (χ2n) is 7.67. The second kappa shape index (κ2) is 7.42. The molecule has 4 rings (SSSR count). The molecule has 4 nitrogen and oxygen atoms in total. The summed E-state index contributed by atoms with van der Waals surface area (Å²) in [6.07, 6.45) is 4.34. The fraction of sp³-hybridized carbons (Fsp3) is 0.700. The Balaban J connectivity index is 1.28. The Morgan fingerprint density at radius 3 is 2.79 bits per heavy atom. The van der Waals surface area contributed by atoms with Crippen LogP contribution in [0.4, 0.5) is 5.69 Å². The van der Waals surface area contributed by atoms with E-state index < -0.39 is 0 Å². The number of rotatable bonds is 5. The van der Waals surface area contributed by atoms with Crippen molar-refractivity contribution in [3.63, 3.8) is 0 Å². The number of likely N-dealkylation sites (tertiary alicyclic amines) is 1. The minimum Gasteiger partial charge on any atom is -0.374 e. The number of benzene rings is 1. The molecule has 1 unspecified atom stereocenters. The van der Waals surface area contributed by atoms with Gasteiger partial charge in [-0.25, -0.2) is 0 Å². The van der Waals surface area contributed by atoms with Gasteiger partial charge in [0.05, 0.1) is 12.7 Å². The van der Waals surface area contributed by atoms with Crippen LogP contribution < -0.4 is 4.90 Å². The maximum Gasteiger partial charge on any atom is 0.0829 e. The summed E-state index contributed by atoms with van der Waals surface area (Å²) < 4.78 is 6.02. The van der Waals surface area contributed by atoms with E-state index in [9.17, 15) is 0 Å². The average Bonchev–Trinajstić information content (AvgIpc) is 3.23. The molecule has 0 N–H and O–H groups in total. The van der Waals surface area contributed by atoms with Crippen molar-refractivity contribution in [3.8, 4) is 0 Å². The molecule has 3 aliphatic rings. The molecule has 0 radical (unpaired) electrons. The van der Waals surface area contributed by atoms with E-state index in [4.69, 9.17) is 4.74 Å². The lowest BCUT2D eigenvalue weighted by molar-refractivity contribution is -0.0398. The molecule has 24 heavy (non-hydrogen) atoms. The van der Waals surface area contributed by atoms with Gasteiger partial charge in [0.2, 0.25) is 0 Å². The standard InChI is InChI=1S/C20H31N3O/c1-17-4-5-18-6-9-23(20(18)14-17)11-10-22-12-13-24-19(16-22)15-21-7-2-3-8-21/h4-5,14,19H,2-3,6-13,15-16H2,1H3. The zero-order valence-electron chi connectivity index (χ0n) is 15.0. The number of aryl methyl sites for hydroxylation is 1. The molecule has 0 amide bonds. The summed E-state index contributed by atoms with van der Waals surface area (Å²) in [5.74, 6) is 0. The number of ether oxygens (including phenoxy) is 1. The van der Waals surface area contributed by atoms with Crippen molar-refractivity contribution in [2.45, 2.75) is 32.3 Å². The molecule has 3 aliphatic heterocycles. The van der Waals surface area contributed by atoms with Gasteiger partial charge in [0.15, 0.2) is 0 Å². The maximum absolute atomic E-state index is 6.02. The largest absolute Gasteiger partial charge is 0.374 e. The van der Waals surface area contributed by atoms with Crippen molar-refractivity contribution in [1.82, 2.24) is 9.80 Å². The second-order valence-corrected chi connectivity index (χ2v) is 7.67. The van der Waals surface area contributed by atoms with Gasteiger partial charge in [-0.1, -0.05) is 12.1 Å². The molecule has 2 fully saturated rings. The van der Waals surface area contributed by atoms with Gasteiger partial charge in [-0.05, 0) is 56.5 Å². The summed E-state index contributed by atoms with van der Waals surface area (Å²) in [6, 6.07) is 6.91. The number of hydrogen-bond donors (Lipinski definition) is 0. The zero-order valence-corrected chi connectivity index (χ0v) is 15.0. The highest BCUT2D eigenvalue weighted by Gasteiger charge is 2.25. The Hall–Kier alpha value is -1.10. The maximum atomic E-state index is 6.02. The van der Waals surface area contributed by atoms with Crippen molar-refractivity contribution in [3.05, 3.63) is 29.3 Å². The van der Waals surface area contributed by atoms with Crippen LogP contribution in [0.5, 0.6) is 0 Å². The van der Waals surface area contributed by atoms with Crippen molar-refractivity contribution in [1.29, 1.82) is 0 Å². The van der Waals surface area contributed by atoms with Gasteiger partial charge in [-0.3, -0.25) is 4.90 Å². The van der Waals surface area contributed by atoms with Crippen LogP contribution in [0.25, 0.3) is 0 Å². The van der Waals surface area contributed by atoms with E-state index in [1.807, 2.05) is 0 Å². The van der Waals surface area contributed by atoms with E-state index in [0.29, 0.717) is 6.10 Å². The van der Waals surface area contributed by atoms with Gasteiger partial charge in [0, 0.05) is 45.0 Å². The number of fused-ring (bicyclic) bond motifs is 1. The Kier molecular flexibility index (Phi) is 5.06. The predicted molar refractivity (Wildman–Crippen MR) is 99.0 cm³/mol. The van der Waals surface area contributed by atoms with Gasteiger partial charge in [0.25, 0.3) is 0 Å². The molecule has 1 aromatic carbocycles. The predicted octanol–water partition coefficient (Wildman–Crippen LogP) is 2.15. The minimum absolute atomic E-state index is 0.407. The molecule has 2 saturated heterocycles. The Labute approximate surface area is 146 Å². The van der Waals surface area contributed by atoms with E-state index in [-0.39, 0.29) is 0 Å². The molecule has 0 saturated carbocycles. The van der Waals surface area contributed by atoms with Crippen molar-refractivity contribution >= 4 is 5.69 Å². The van der Waals surface area contributed by atoms with Crippen molar-refractivity contribution in [2.75, 3.05) is 63.9 Å². The summed E-state index contributed by atoms with van der Waals surface area (Å²) in [5, 5.41) is 0. The first kappa shape index (κ1) is 16.4. The third-order valence-electron chi connectivity index (χ3n) is 5.80. The molecule has 132 valence electrons. The van der Waals surface area contributed by atoms with Crippen LogP contribution in [-0.2, 0) is 11.2 Å². The van der Waals surface area contributed by atoms with Crippen LogP contribution >= 0.6 is 0 Å². The molecule has 0 bridgehead atoms. The molecule has 3 heterocycles. The summed E-state index contributed by atoms with van der Waals surface area (Å²) >= 11 is 0. The fourth-order valence-electron chi connectivity index (χ4n) is 4.40. The zero-order chi connectivity index (χ0) is 16.4. The van der Waals surface area contributed by atoms with E-state index in [1.54, 1.807) is 0 Å². The number of nitrogens with zero attached hydrogens (tertiary/aromatic N) is 3. The molecule has 1 atom stereocenters. The highest BCUT2D eigenvalue weighted by atomic mass is 16.5. The Morgan fingerprint density at radius 2 is 1.92 bits per heavy atom. The lowest BCUT2D eigenvalue weighted by Crippen LogP contribution is -2.49. The fourth-order valence-corrected chi connectivity index (χ4v) is 4.40. The molecule has 0 spiro atoms. The molecule has 0 aromatic heterocycles. The van der Waals surface area contributed by atoms with Gasteiger partial charge < -0.3 is 14.5 Å². The highest BCUT2D eigenvalue weighted by Crippen LogP contribution is 2.28. The Bertz CT molecular complexity index is 556. The first-order chi connectivity index (χ1) is 11.8. The molecule has 1 aromatic rings. The van der Waals surface area contributed by atoms with Crippen LogP contribution in [0.2, 0.25) is 0 Å². The van der Waals surface area contributed by atoms with Crippen LogP contribution in [0.1, 0.15) is 24.0 Å². The van der Waals surface area contributed by atoms with Crippen LogP contribution in [0.15, 0.2) is 18.2 Å². The molecule has 0 aliphatic carbocycles. The molecular formula is C20H31N3O. The van der Waals surface area contributed by atoms with Gasteiger partial charge in [-0.15, -0.1) is 0 Å². The first-order valence-electron chi connectivity index (χ1n) is 9.69. The van der Waals surface area contributed by atoms with Gasteiger partial charge in [0.1, 0.15) is 0 Å².